The Labute approximate surface area is 93.7 Å². The topological polar surface area (TPSA) is 69.6 Å². The third-order valence-corrected chi connectivity index (χ3v) is 3.29. The van der Waals surface area contributed by atoms with Crippen molar-refractivity contribution in [2.24, 2.45) is 5.92 Å². The molecule has 1 fully saturated rings. The summed E-state index contributed by atoms with van der Waals surface area (Å²) in [5.74, 6) is 1.98. The van der Waals surface area contributed by atoms with Gasteiger partial charge in [-0.05, 0) is 32.6 Å². The number of nitrogen functional groups attached to an aromatic ring is 1. The van der Waals surface area contributed by atoms with Gasteiger partial charge in [0.2, 0.25) is 0 Å². The van der Waals surface area contributed by atoms with Crippen molar-refractivity contribution in [3.8, 4) is 0 Å². The van der Waals surface area contributed by atoms with Gasteiger partial charge in [-0.3, -0.25) is 0 Å². The fraction of sp³-hybridized carbons (Fsp3) is 0.545. The van der Waals surface area contributed by atoms with Gasteiger partial charge in [-0.15, -0.1) is 0 Å². The molecule has 0 amide bonds. The molecule has 0 spiro atoms. The van der Waals surface area contributed by atoms with Crippen LogP contribution in [0.2, 0.25) is 0 Å². The molecular weight excluding hydrogens is 202 g/mol. The number of rotatable bonds is 2. The van der Waals surface area contributed by atoms with Gasteiger partial charge < -0.3 is 5.73 Å². The normalized spacial score (nSPS) is 17.9. The quantitative estimate of drug-likeness (QED) is 0.831. The summed E-state index contributed by atoms with van der Waals surface area (Å²) in [6, 6.07) is 0.409. The van der Waals surface area contributed by atoms with E-state index in [9.17, 15) is 0 Å². The van der Waals surface area contributed by atoms with Crippen molar-refractivity contribution >= 4 is 16.9 Å². The minimum Gasteiger partial charge on any atom is -0.383 e. The number of fused-ring (bicyclic) bond motifs is 1. The predicted octanol–water partition coefficient (Wildman–Crippen LogP) is 1.69. The molecule has 0 radical (unpaired) electrons. The average Bonchev–Trinajstić information content (AvgIpc) is 2.98. The van der Waals surface area contributed by atoms with Gasteiger partial charge >= 0.3 is 0 Å². The first-order valence-electron chi connectivity index (χ1n) is 5.64. The number of aromatic nitrogens is 4. The Morgan fingerprint density at radius 2 is 2.19 bits per heavy atom. The molecule has 2 N–H and O–H groups in total. The van der Waals surface area contributed by atoms with Crippen molar-refractivity contribution in [1.29, 1.82) is 0 Å². The van der Waals surface area contributed by atoms with Gasteiger partial charge in [0.1, 0.15) is 11.6 Å². The first kappa shape index (κ1) is 9.57. The highest BCUT2D eigenvalue weighted by molar-refractivity contribution is 5.85. The fourth-order valence-electron chi connectivity index (χ4n) is 2.14. The Morgan fingerprint density at radius 3 is 2.88 bits per heavy atom. The molecule has 2 heterocycles. The van der Waals surface area contributed by atoms with Gasteiger partial charge in [0, 0.05) is 0 Å². The second-order valence-corrected chi connectivity index (χ2v) is 4.56. The van der Waals surface area contributed by atoms with Crippen LogP contribution in [0.25, 0.3) is 11.0 Å². The molecule has 2 aromatic heterocycles. The molecule has 0 saturated heterocycles. The molecule has 1 aliphatic carbocycles. The highest BCUT2D eigenvalue weighted by Gasteiger charge is 2.30. The van der Waals surface area contributed by atoms with Gasteiger partial charge in [0.15, 0.2) is 5.65 Å². The largest absolute Gasteiger partial charge is 0.383 e. The highest BCUT2D eigenvalue weighted by atomic mass is 15.3. The molecule has 1 aliphatic rings. The zero-order valence-electron chi connectivity index (χ0n) is 9.51. The standard InChI is InChI=1S/C11H15N5/c1-6(8-3-4-8)16-11-9(5-13-16)10(12)14-7(2)15-11/h5-6,8H,3-4H2,1-2H3,(H2,12,14,15). The molecule has 0 bridgehead atoms. The Balaban J connectivity index is 2.18. The lowest BCUT2D eigenvalue weighted by Gasteiger charge is -2.11. The van der Waals surface area contributed by atoms with E-state index in [1.54, 1.807) is 6.20 Å². The lowest BCUT2D eigenvalue weighted by molar-refractivity contribution is 0.450. The maximum Gasteiger partial charge on any atom is 0.163 e. The van der Waals surface area contributed by atoms with Crippen molar-refractivity contribution in [2.75, 3.05) is 5.73 Å². The van der Waals surface area contributed by atoms with Gasteiger partial charge in [0.05, 0.1) is 17.6 Å². The van der Waals surface area contributed by atoms with Gasteiger partial charge in [-0.25, -0.2) is 14.6 Å². The molecule has 1 atom stereocenters. The Kier molecular flexibility index (Phi) is 1.89. The van der Waals surface area contributed by atoms with Gasteiger partial charge in [0.25, 0.3) is 0 Å². The summed E-state index contributed by atoms with van der Waals surface area (Å²) < 4.78 is 1.98. The van der Waals surface area contributed by atoms with Gasteiger partial charge in [-0.2, -0.15) is 5.10 Å². The molecule has 1 saturated carbocycles. The zero-order chi connectivity index (χ0) is 11.3. The van der Waals surface area contributed by atoms with E-state index >= 15 is 0 Å². The molecule has 5 nitrogen and oxygen atoms in total. The smallest absolute Gasteiger partial charge is 0.163 e. The number of anilines is 1. The van der Waals surface area contributed by atoms with Crippen molar-refractivity contribution in [3.05, 3.63) is 12.0 Å². The minimum absolute atomic E-state index is 0.409. The molecule has 1 unspecified atom stereocenters. The van der Waals surface area contributed by atoms with Crippen LogP contribution in [-0.4, -0.2) is 19.7 Å². The van der Waals surface area contributed by atoms with Crippen LogP contribution in [0.1, 0.15) is 31.6 Å². The SMILES string of the molecule is Cc1nc(N)c2cnn(C(C)C3CC3)c2n1. The molecule has 5 heteroatoms. The van der Waals surface area contributed by atoms with Crippen LogP contribution in [-0.2, 0) is 0 Å². The first-order valence-corrected chi connectivity index (χ1v) is 5.64. The summed E-state index contributed by atoms with van der Waals surface area (Å²) >= 11 is 0. The summed E-state index contributed by atoms with van der Waals surface area (Å²) in [4.78, 5) is 8.59. The molecule has 3 rings (SSSR count). The second-order valence-electron chi connectivity index (χ2n) is 4.56. The Hall–Kier alpha value is -1.65. The van der Waals surface area contributed by atoms with E-state index in [1.165, 1.54) is 12.8 Å². The second kappa shape index (κ2) is 3.17. The van der Waals surface area contributed by atoms with Crippen molar-refractivity contribution in [2.45, 2.75) is 32.7 Å². The summed E-state index contributed by atoms with van der Waals surface area (Å²) in [7, 11) is 0. The maximum atomic E-state index is 5.86. The molecule has 16 heavy (non-hydrogen) atoms. The Morgan fingerprint density at radius 1 is 1.44 bits per heavy atom. The maximum absolute atomic E-state index is 5.86. The Bertz CT molecular complexity index is 541. The number of nitrogens with zero attached hydrogens (tertiary/aromatic N) is 4. The molecule has 2 aromatic rings. The summed E-state index contributed by atoms with van der Waals surface area (Å²) in [6.45, 7) is 4.05. The lowest BCUT2D eigenvalue weighted by Crippen LogP contribution is -2.10. The summed E-state index contributed by atoms with van der Waals surface area (Å²) in [5.41, 5.74) is 6.72. The number of hydrogen-bond donors (Lipinski definition) is 1. The van der Waals surface area contributed by atoms with Crippen LogP contribution < -0.4 is 5.73 Å². The summed E-state index contributed by atoms with van der Waals surface area (Å²) in [5, 5.41) is 5.25. The molecular formula is C11H15N5. The van der Waals surface area contributed by atoms with Crippen molar-refractivity contribution in [3.63, 3.8) is 0 Å². The van der Waals surface area contributed by atoms with E-state index in [4.69, 9.17) is 5.73 Å². The van der Waals surface area contributed by atoms with E-state index in [1.807, 2.05) is 11.6 Å². The fourth-order valence-corrected chi connectivity index (χ4v) is 2.14. The zero-order valence-corrected chi connectivity index (χ0v) is 9.51. The van der Waals surface area contributed by atoms with E-state index < -0.39 is 0 Å². The van der Waals surface area contributed by atoms with Crippen LogP contribution in [0.3, 0.4) is 0 Å². The highest BCUT2D eigenvalue weighted by Crippen LogP contribution is 2.40. The lowest BCUT2D eigenvalue weighted by atomic mass is 10.2. The monoisotopic (exact) mass is 217 g/mol. The molecule has 0 aromatic carbocycles. The van der Waals surface area contributed by atoms with Crippen LogP contribution in [0, 0.1) is 12.8 Å². The summed E-state index contributed by atoms with van der Waals surface area (Å²) in [6.07, 6.45) is 4.35. The van der Waals surface area contributed by atoms with Crippen LogP contribution in [0.4, 0.5) is 5.82 Å². The molecule has 84 valence electrons. The third kappa shape index (κ3) is 1.35. The average molecular weight is 217 g/mol. The third-order valence-electron chi connectivity index (χ3n) is 3.29. The number of aryl methyl sites for hydroxylation is 1. The first-order chi connectivity index (χ1) is 7.66. The van der Waals surface area contributed by atoms with E-state index in [0.29, 0.717) is 17.7 Å². The van der Waals surface area contributed by atoms with E-state index in [-0.39, 0.29) is 0 Å². The predicted molar refractivity (Wildman–Crippen MR) is 61.9 cm³/mol. The van der Waals surface area contributed by atoms with Crippen LogP contribution >= 0.6 is 0 Å². The van der Waals surface area contributed by atoms with Crippen LogP contribution in [0.15, 0.2) is 6.20 Å². The van der Waals surface area contributed by atoms with E-state index in [2.05, 4.69) is 22.0 Å². The van der Waals surface area contributed by atoms with E-state index in [0.717, 1.165) is 17.0 Å². The number of nitrogens with two attached hydrogens (primary N) is 1. The number of hydrogen-bond acceptors (Lipinski definition) is 4. The van der Waals surface area contributed by atoms with Gasteiger partial charge in [-0.1, -0.05) is 0 Å². The van der Waals surface area contributed by atoms with Crippen molar-refractivity contribution in [1.82, 2.24) is 19.7 Å². The van der Waals surface area contributed by atoms with Crippen molar-refractivity contribution < 1.29 is 0 Å². The minimum atomic E-state index is 0.409. The molecule has 0 aliphatic heterocycles. The van der Waals surface area contributed by atoms with Crippen LogP contribution in [0.5, 0.6) is 0 Å².